The van der Waals surface area contributed by atoms with Crippen molar-refractivity contribution in [2.24, 2.45) is 0 Å². The van der Waals surface area contributed by atoms with Crippen molar-refractivity contribution < 1.29 is 24.2 Å². The average molecular weight is 369 g/mol. The van der Waals surface area contributed by atoms with E-state index in [4.69, 9.17) is 14.6 Å². The number of nitrogens with zero attached hydrogens (tertiary/aromatic N) is 1. The van der Waals surface area contributed by atoms with Crippen LogP contribution in [0.25, 0.3) is 0 Å². The molecule has 2 aromatic carbocycles. The monoisotopic (exact) mass is 369 g/mol. The molecule has 1 aliphatic heterocycles. The molecule has 1 aliphatic rings. The standard InChI is InChI=1S/C21H23NO5/c1-2-11-26-18-5-7-19(8-6-18)27-14-20(23)22-10-9-15-3-4-16(21(24)25)12-17(15)13-22/h3-8,12H,2,9-11,13-14H2,1H3,(H,24,25). The van der Waals surface area contributed by atoms with Crippen molar-refractivity contribution in [3.8, 4) is 11.5 Å². The predicted octanol–water partition coefficient (Wildman–Crippen LogP) is 3.14. The normalized spacial score (nSPS) is 13.0. The summed E-state index contributed by atoms with van der Waals surface area (Å²) in [6.45, 7) is 3.67. The summed E-state index contributed by atoms with van der Waals surface area (Å²) in [5.74, 6) is 0.304. The molecule has 0 saturated heterocycles. The third kappa shape index (κ3) is 4.78. The molecule has 6 heteroatoms. The van der Waals surface area contributed by atoms with Crippen LogP contribution in [0.4, 0.5) is 0 Å². The first-order chi connectivity index (χ1) is 13.1. The van der Waals surface area contributed by atoms with Crippen LogP contribution in [-0.2, 0) is 17.8 Å². The molecule has 27 heavy (non-hydrogen) atoms. The van der Waals surface area contributed by atoms with Crippen molar-refractivity contribution >= 4 is 11.9 Å². The molecule has 1 N–H and O–H groups in total. The summed E-state index contributed by atoms with van der Waals surface area (Å²) in [6, 6.07) is 12.3. The van der Waals surface area contributed by atoms with Crippen molar-refractivity contribution in [3.05, 3.63) is 59.2 Å². The fraction of sp³-hybridized carbons (Fsp3) is 0.333. The summed E-state index contributed by atoms with van der Waals surface area (Å²) in [5.41, 5.74) is 2.21. The van der Waals surface area contributed by atoms with E-state index >= 15 is 0 Å². The average Bonchev–Trinajstić information content (AvgIpc) is 2.70. The second-order valence-electron chi connectivity index (χ2n) is 6.46. The number of hydrogen-bond acceptors (Lipinski definition) is 4. The third-order valence-electron chi connectivity index (χ3n) is 4.48. The molecule has 0 atom stereocenters. The van der Waals surface area contributed by atoms with Crippen LogP contribution in [0.5, 0.6) is 11.5 Å². The van der Waals surface area contributed by atoms with Crippen LogP contribution in [0.15, 0.2) is 42.5 Å². The molecule has 0 saturated carbocycles. The molecule has 0 unspecified atom stereocenters. The molecule has 1 heterocycles. The molecule has 3 rings (SSSR count). The minimum absolute atomic E-state index is 0.0525. The van der Waals surface area contributed by atoms with Gasteiger partial charge in [0.2, 0.25) is 0 Å². The Morgan fingerprint density at radius 1 is 1.04 bits per heavy atom. The van der Waals surface area contributed by atoms with Crippen molar-refractivity contribution in [3.63, 3.8) is 0 Å². The fourth-order valence-electron chi connectivity index (χ4n) is 2.99. The highest BCUT2D eigenvalue weighted by Crippen LogP contribution is 2.21. The number of carbonyl (C=O) groups is 2. The van der Waals surface area contributed by atoms with Gasteiger partial charge in [-0.25, -0.2) is 4.79 Å². The van der Waals surface area contributed by atoms with Crippen LogP contribution in [0.3, 0.4) is 0 Å². The SMILES string of the molecule is CCCOc1ccc(OCC(=O)N2CCc3ccc(C(=O)O)cc3C2)cc1. The van der Waals surface area contributed by atoms with E-state index in [1.54, 1.807) is 29.2 Å². The number of carboxylic acid groups (broad SMARTS) is 1. The number of amides is 1. The number of ether oxygens (including phenoxy) is 2. The van der Waals surface area contributed by atoms with Gasteiger partial charge in [-0.1, -0.05) is 13.0 Å². The minimum atomic E-state index is -0.962. The molecule has 6 nitrogen and oxygen atoms in total. The molecule has 142 valence electrons. The molecule has 0 spiro atoms. The summed E-state index contributed by atoms with van der Waals surface area (Å²) in [6.07, 6.45) is 1.66. The van der Waals surface area contributed by atoms with E-state index in [-0.39, 0.29) is 18.1 Å². The first-order valence-corrected chi connectivity index (χ1v) is 9.05. The lowest BCUT2D eigenvalue weighted by atomic mass is 9.97. The van der Waals surface area contributed by atoms with Crippen LogP contribution in [0, 0.1) is 0 Å². The van der Waals surface area contributed by atoms with Crippen LogP contribution in [0.2, 0.25) is 0 Å². The number of benzene rings is 2. The number of fused-ring (bicyclic) bond motifs is 1. The van der Waals surface area contributed by atoms with Crippen LogP contribution in [-0.4, -0.2) is 41.6 Å². The maximum absolute atomic E-state index is 12.5. The lowest BCUT2D eigenvalue weighted by Crippen LogP contribution is -2.38. The maximum atomic E-state index is 12.5. The Kier molecular flexibility index (Phi) is 5.96. The van der Waals surface area contributed by atoms with Crippen molar-refractivity contribution in [2.45, 2.75) is 26.3 Å². The third-order valence-corrected chi connectivity index (χ3v) is 4.48. The summed E-state index contributed by atoms with van der Waals surface area (Å²) in [4.78, 5) is 25.3. The topological polar surface area (TPSA) is 76.1 Å². The van der Waals surface area contributed by atoms with Gasteiger partial charge in [-0.3, -0.25) is 4.79 Å². The molecule has 0 fully saturated rings. The minimum Gasteiger partial charge on any atom is -0.494 e. The van der Waals surface area contributed by atoms with E-state index in [2.05, 4.69) is 0 Å². The number of aromatic carboxylic acids is 1. The van der Waals surface area contributed by atoms with E-state index in [0.29, 0.717) is 31.9 Å². The van der Waals surface area contributed by atoms with Gasteiger partial charge in [0, 0.05) is 13.1 Å². The molecule has 1 amide bonds. The summed E-state index contributed by atoms with van der Waals surface area (Å²) in [7, 11) is 0. The van der Waals surface area contributed by atoms with Gasteiger partial charge in [-0.15, -0.1) is 0 Å². The number of carbonyl (C=O) groups excluding carboxylic acids is 1. The summed E-state index contributed by atoms with van der Waals surface area (Å²) < 4.78 is 11.1. The van der Waals surface area contributed by atoms with Crippen LogP contribution in [0.1, 0.15) is 34.8 Å². The van der Waals surface area contributed by atoms with Gasteiger partial charge in [0.25, 0.3) is 5.91 Å². The van der Waals surface area contributed by atoms with E-state index in [0.717, 1.165) is 23.3 Å². The molecular formula is C21H23NO5. The number of hydrogen-bond donors (Lipinski definition) is 1. The molecule has 0 aliphatic carbocycles. The first-order valence-electron chi connectivity index (χ1n) is 9.05. The predicted molar refractivity (Wildman–Crippen MR) is 100 cm³/mol. The van der Waals surface area contributed by atoms with Crippen molar-refractivity contribution in [1.29, 1.82) is 0 Å². The van der Waals surface area contributed by atoms with E-state index in [9.17, 15) is 9.59 Å². The Morgan fingerprint density at radius 3 is 2.41 bits per heavy atom. The zero-order valence-electron chi connectivity index (χ0n) is 15.3. The summed E-state index contributed by atoms with van der Waals surface area (Å²) >= 11 is 0. The molecule has 0 aromatic heterocycles. The van der Waals surface area contributed by atoms with Gasteiger partial charge < -0.3 is 19.5 Å². The number of carboxylic acids is 1. The highest BCUT2D eigenvalue weighted by Gasteiger charge is 2.22. The Labute approximate surface area is 158 Å². The quantitative estimate of drug-likeness (QED) is 0.811. The highest BCUT2D eigenvalue weighted by atomic mass is 16.5. The lowest BCUT2D eigenvalue weighted by molar-refractivity contribution is -0.134. The highest BCUT2D eigenvalue weighted by molar-refractivity contribution is 5.88. The van der Waals surface area contributed by atoms with Gasteiger partial charge >= 0.3 is 5.97 Å². The molecule has 2 aromatic rings. The molecular weight excluding hydrogens is 346 g/mol. The van der Waals surface area contributed by atoms with Crippen molar-refractivity contribution in [1.82, 2.24) is 4.90 Å². The van der Waals surface area contributed by atoms with Gasteiger partial charge in [0.1, 0.15) is 11.5 Å². The number of rotatable bonds is 7. The smallest absolute Gasteiger partial charge is 0.335 e. The fourth-order valence-corrected chi connectivity index (χ4v) is 2.99. The zero-order chi connectivity index (χ0) is 19.2. The van der Waals surface area contributed by atoms with E-state index in [1.165, 1.54) is 0 Å². The van der Waals surface area contributed by atoms with E-state index < -0.39 is 5.97 Å². The van der Waals surface area contributed by atoms with E-state index in [1.807, 2.05) is 25.1 Å². The largest absolute Gasteiger partial charge is 0.494 e. The summed E-state index contributed by atoms with van der Waals surface area (Å²) in [5, 5.41) is 9.13. The Hall–Kier alpha value is -3.02. The van der Waals surface area contributed by atoms with Gasteiger partial charge in [-0.2, -0.15) is 0 Å². The first kappa shape index (κ1) is 18.8. The lowest BCUT2D eigenvalue weighted by Gasteiger charge is -2.29. The second-order valence-corrected chi connectivity index (χ2v) is 6.46. The molecule has 0 radical (unpaired) electrons. The second kappa shape index (κ2) is 8.58. The van der Waals surface area contributed by atoms with Crippen LogP contribution < -0.4 is 9.47 Å². The Morgan fingerprint density at radius 2 is 1.74 bits per heavy atom. The zero-order valence-corrected chi connectivity index (χ0v) is 15.3. The molecule has 0 bridgehead atoms. The van der Waals surface area contributed by atoms with Gasteiger partial charge in [-0.05, 0) is 60.4 Å². The van der Waals surface area contributed by atoms with Crippen molar-refractivity contribution in [2.75, 3.05) is 19.8 Å². The van der Waals surface area contributed by atoms with Crippen LogP contribution >= 0.6 is 0 Å². The maximum Gasteiger partial charge on any atom is 0.335 e. The van der Waals surface area contributed by atoms with Gasteiger partial charge in [0.15, 0.2) is 6.61 Å². The van der Waals surface area contributed by atoms with Gasteiger partial charge in [0.05, 0.1) is 12.2 Å². The Bertz CT molecular complexity index is 816. The Balaban J connectivity index is 1.56.